The predicted octanol–water partition coefficient (Wildman–Crippen LogP) is 3.05. The normalized spacial score (nSPS) is 17.7. The van der Waals surface area contributed by atoms with Crippen molar-refractivity contribution in [3.05, 3.63) is 65.0 Å². The van der Waals surface area contributed by atoms with Crippen LogP contribution in [0.15, 0.2) is 36.4 Å². The molecular formula is C20H21F3N2O2. The van der Waals surface area contributed by atoms with Crippen molar-refractivity contribution in [3.63, 3.8) is 0 Å². The quantitative estimate of drug-likeness (QED) is 0.841. The standard InChI is InChI=1S/C20H21F3N2O2/c1-20(2)14-8-13(22)9-15(23)18(14)25(19(20)27)17(16(26)10-24-3)11-5-4-6-12(21)7-11/h4-9,16-17,24,26H,10H2,1-3H3. The maximum Gasteiger partial charge on any atom is 0.237 e. The van der Waals surface area contributed by atoms with Gasteiger partial charge in [0.05, 0.1) is 23.2 Å². The first kappa shape index (κ1) is 19.4. The third kappa shape index (κ3) is 3.21. The first-order chi connectivity index (χ1) is 12.7. The van der Waals surface area contributed by atoms with E-state index in [1.165, 1.54) is 18.2 Å². The van der Waals surface area contributed by atoms with E-state index >= 15 is 0 Å². The van der Waals surface area contributed by atoms with Crippen molar-refractivity contribution in [2.45, 2.75) is 31.4 Å². The van der Waals surface area contributed by atoms with Crippen LogP contribution in [0.25, 0.3) is 0 Å². The lowest BCUT2D eigenvalue weighted by Gasteiger charge is -2.34. The van der Waals surface area contributed by atoms with E-state index in [0.717, 1.165) is 11.0 Å². The smallest absolute Gasteiger partial charge is 0.237 e. The minimum atomic E-state index is -1.19. The van der Waals surface area contributed by atoms with Gasteiger partial charge in [0.1, 0.15) is 17.5 Å². The minimum Gasteiger partial charge on any atom is -0.389 e. The number of likely N-dealkylation sites (N-methyl/N-ethyl adjacent to an activating group) is 1. The van der Waals surface area contributed by atoms with E-state index in [9.17, 15) is 23.1 Å². The Bertz CT molecular complexity index is 886. The second kappa shape index (κ2) is 6.98. The molecule has 1 heterocycles. The number of hydrogen-bond acceptors (Lipinski definition) is 3. The lowest BCUT2D eigenvalue weighted by Crippen LogP contribution is -2.45. The highest BCUT2D eigenvalue weighted by Gasteiger charge is 2.50. The van der Waals surface area contributed by atoms with Gasteiger partial charge in [0, 0.05) is 12.6 Å². The van der Waals surface area contributed by atoms with Crippen molar-refractivity contribution in [1.29, 1.82) is 0 Å². The van der Waals surface area contributed by atoms with Crippen LogP contribution in [0.3, 0.4) is 0 Å². The molecule has 0 saturated carbocycles. The maximum atomic E-state index is 14.7. The molecular weight excluding hydrogens is 357 g/mol. The first-order valence-corrected chi connectivity index (χ1v) is 8.59. The molecule has 0 aliphatic carbocycles. The summed E-state index contributed by atoms with van der Waals surface area (Å²) in [6.45, 7) is 3.23. The van der Waals surface area contributed by atoms with Gasteiger partial charge in [0.25, 0.3) is 0 Å². The average molecular weight is 378 g/mol. The fraction of sp³-hybridized carbons (Fsp3) is 0.350. The number of nitrogens with zero attached hydrogens (tertiary/aromatic N) is 1. The Morgan fingerprint density at radius 2 is 1.85 bits per heavy atom. The van der Waals surface area contributed by atoms with Crippen LogP contribution in [0.2, 0.25) is 0 Å². The Labute approximate surface area is 155 Å². The molecule has 2 atom stereocenters. The van der Waals surface area contributed by atoms with Crippen LogP contribution >= 0.6 is 0 Å². The molecule has 4 nitrogen and oxygen atoms in total. The van der Waals surface area contributed by atoms with E-state index in [1.54, 1.807) is 27.0 Å². The van der Waals surface area contributed by atoms with Gasteiger partial charge in [-0.25, -0.2) is 13.2 Å². The Hall–Kier alpha value is -2.38. The van der Waals surface area contributed by atoms with E-state index in [0.29, 0.717) is 11.6 Å². The molecule has 2 N–H and O–H groups in total. The molecule has 1 amide bonds. The Morgan fingerprint density at radius 1 is 1.15 bits per heavy atom. The highest BCUT2D eigenvalue weighted by atomic mass is 19.1. The van der Waals surface area contributed by atoms with E-state index in [-0.39, 0.29) is 17.8 Å². The number of hydrogen-bond donors (Lipinski definition) is 2. The van der Waals surface area contributed by atoms with Gasteiger partial charge in [-0.15, -0.1) is 0 Å². The van der Waals surface area contributed by atoms with Crippen LogP contribution in [0.4, 0.5) is 18.9 Å². The number of anilines is 1. The average Bonchev–Trinajstić information content (AvgIpc) is 2.77. The molecule has 0 bridgehead atoms. The molecule has 7 heteroatoms. The third-order valence-electron chi connectivity index (χ3n) is 4.94. The van der Waals surface area contributed by atoms with Gasteiger partial charge < -0.3 is 10.4 Å². The van der Waals surface area contributed by atoms with Crippen molar-refractivity contribution in [2.24, 2.45) is 0 Å². The van der Waals surface area contributed by atoms with Crippen LogP contribution < -0.4 is 10.2 Å². The molecule has 2 unspecified atom stereocenters. The second-order valence-corrected chi connectivity index (χ2v) is 7.21. The van der Waals surface area contributed by atoms with E-state index in [2.05, 4.69) is 5.32 Å². The number of carbonyl (C=O) groups is 1. The number of carbonyl (C=O) groups excluding carboxylic acids is 1. The van der Waals surface area contributed by atoms with Gasteiger partial charge in [-0.05, 0) is 50.2 Å². The van der Waals surface area contributed by atoms with Gasteiger partial charge in [0.2, 0.25) is 5.91 Å². The lowest BCUT2D eigenvalue weighted by atomic mass is 9.86. The zero-order valence-corrected chi connectivity index (χ0v) is 15.3. The fourth-order valence-electron chi connectivity index (χ4n) is 3.63. The molecule has 0 spiro atoms. The number of rotatable bonds is 5. The molecule has 0 saturated heterocycles. The van der Waals surface area contributed by atoms with Gasteiger partial charge in [0.15, 0.2) is 0 Å². The van der Waals surface area contributed by atoms with Crippen molar-refractivity contribution >= 4 is 11.6 Å². The monoisotopic (exact) mass is 378 g/mol. The molecule has 1 aliphatic heterocycles. The van der Waals surface area contributed by atoms with Crippen LogP contribution in [-0.2, 0) is 10.2 Å². The summed E-state index contributed by atoms with van der Waals surface area (Å²) in [6, 6.07) is 6.25. The van der Waals surface area contributed by atoms with Crippen molar-refractivity contribution in [3.8, 4) is 0 Å². The van der Waals surface area contributed by atoms with E-state index in [4.69, 9.17) is 0 Å². The van der Waals surface area contributed by atoms with Crippen LogP contribution in [0.5, 0.6) is 0 Å². The highest BCUT2D eigenvalue weighted by molar-refractivity contribution is 6.08. The summed E-state index contributed by atoms with van der Waals surface area (Å²) in [4.78, 5) is 14.3. The lowest BCUT2D eigenvalue weighted by molar-refractivity contribution is -0.123. The zero-order valence-electron chi connectivity index (χ0n) is 15.3. The highest BCUT2D eigenvalue weighted by Crippen LogP contribution is 2.47. The largest absolute Gasteiger partial charge is 0.389 e. The molecule has 27 heavy (non-hydrogen) atoms. The number of aliphatic hydroxyl groups is 1. The maximum absolute atomic E-state index is 14.7. The Balaban J connectivity index is 2.23. The van der Waals surface area contributed by atoms with Gasteiger partial charge in [-0.3, -0.25) is 9.69 Å². The van der Waals surface area contributed by atoms with Crippen molar-refractivity contribution in [1.82, 2.24) is 5.32 Å². The molecule has 3 rings (SSSR count). The number of halogens is 3. The summed E-state index contributed by atoms with van der Waals surface area (Å²) in [6.07, 6.45) is -1.15. The summed E-state index contributed by atoms with van der Waals surface area (Å²) >= 11 is 0. The predicted molar refractivity (Wildman–Crippen MR) is 95.9 cm³/mol. The van der Waals surface area contributed by atoms with Gasteiger partial charge in [-0.1, -0.05) is 12.1 Å². The topological polar surface area (TPSA) is 52.6 Å². The van der Waals surface area contributed by atoms with Crippen molar-refractivity contribution in [2.75, 3.05) is 18.5 Å². The third-order valence-corrected chi connectivity index (χ3v) is 4.94. The minimum absolute atomic E-state index is 0.0868. The molecule has 0 aromatic heterocycles. The molecule has 2 aromatic carbocycles. The molecule has 144 valence electrons. The second-order valence-electron chi connectivity index (χ2n) is 7.21. The van der Waals surface area contributed by atoms with Crippen LogP contribution in [0, 0.1) is 17.5 Å². The summed E-state index contributed by atoms with van der Waals surface area (Å²) in [5, 5.41) is 13.5. The number of fused-ring (bicyclic) bond motifs is 1. The number of aliphatic hydroxyl groups excluding tert-OH is 1. The number of amides is 1. The van der Waals surface area contributed by atoms with E-state index in [1.807, 2.05) is 0 Å². The molecule has 2 aromatic rings. The molecule has 0 radical (unpaired) electrons. The van der Waals surface area contributed by atoms with Gasteiger partial charge >= 0.3 is 0 Å². The molecule has 1 aliphatic rings. The summed E-state index contributed by atoms with van der Waals surface area (Å²) in [5.41, 5.74) is -0.763. The fourth-order valence-corrected chi connectivity index (χ4v) is 3.63. The summed E-state index contributed by atoms with van der Waals surface area (Å²) in [5.74, 6) is -2.72. The first-order valence-electron chi connectivity index (χ1n) is 8.59. The summed E-state index contributed by atoms with van der Waals surface area (Å²) < 4.78 is 42.3. The van der Waals surface area contributed by atoms with E-state index < -0.39 is 40.9 Å². The van der Waals surface area contributed by atoms with Crippen molar-refractivity contribution < 1.29 is 23.1 Å². The Kier molecular flexibility index (Phi) is 5.01. The SMILES string of the molecule is CNCC(O)C(c1cccc(F)c1)N1C(=O)C(C)(C)c2cc(F)cc(F)c21. The zero-order chi connectivity index (χ0) is 19.9. The summed E-state index contributed by atoms with van der Waals surface area (Å²) in [7, 11) is 1.62. The van der Waals surface area contributed by atoms with Crippen LogP contribution in [-0.4, -0.2) is 30.7 Å². The van der Waals surface area contributed by atoms with Crippen LogP contribution in [0.1, 0.15) is 31.0 Å². The number of nitrogens with one attached hydrogen (secondary N) is 1. The molecule has 0 fully saturated rings. The Morgan fingerprint density at radius 3 is 2.48 bits per heavy atom. The van der Waals surface area contributed by atoms with Gasteiger partial charge in [-0.2, -0.15) is 0 Å². The number of benzene rings is 2.